The number of nitrogens with two attached hydrogens (primary N) is 1. The van der Waals surface area contributed by atoms with E-state index in [0.717, 1.165) is 5.56 Å². The van der Waals surface area contributed by atoms with Crippen LogP contribution in [0.15, 0.2) is 57.9 Å². The van der Waals surface area contributed by atoms with Crippen LogP contribution in [-0.2, 0) is 10.0 Å². The molecule has 0 spiro atoms. The number of sulfonamides is 1. The van der Waals surface area contributed by atoms with Crippen molar-refractivity contribution < 1.29 is 8.42 Å². The quantitative estimate of drug-likeness (QED) is 0.828. The van der Waals surface area contributed by atoms with Gasteiger partial charge < -0.3 is 5.73 Å². The van der Waals surface area contributed by atoms with Gasteiger partial charge in [0.2, 0.25) is 10.0 Å². The maximum Gasteiger partial charge on any atom is 0.242 e. The summed E-state index contributed by atoms with van der Waals surface area (Å²) >= 11 is 3.25. The Balaban J connectivity index is 2.24. The first kappa shape index (κ1) is 15.0. The molecule has 1 unspecified atom stereocenters. The monoisotopic (exact) mass is 354 g/mol. The number of hydrogen-bond acceptors (Lipinski definition) is 3. The number of anilines is 1. The highest BCUT2D eigenvalue weighted by atomic mass is 79.9. The summed E-state index contributed by atoms with van der Waals surface area (Å²) in [5, 5.41) is 0. The Morgan fingerprint density at radius 1 is 1.10 bits per heavy atom. The first-order valence-electron chi connectivity index (χ1n) is 6.02. The van der Waals surface area contributed by atoms with Crippen LogP contribution in [0.3, 0.4) is 0 Å². The molecule has 0 aromatic heterocycles. The van der Waals surface area contributed by atoms with Crippen LogP contribution in [-0.4, -0.2) is 8.42 Å². The van der Waals surface area contributed by atoms with Crippen molar-refractivity contribution in [1.29, 1.82) is 0 Å². The van der Waals surface area contributed by atoms with Crippen molar-refractivity contribution >= 4 is 31.6 Å². The molecular formula is C14H15BrN2O2S. The fourth-order valence-electron chi connectivity index (χ4n) is 1.81. The lowest BCUT2D eigenvalue weighted by Crippen LogP contribution is -2.27. The smallest absolute Gasteiger partial charge is 0.242 e. The molecule has 4 nitrogen and oxygen atoms in total. The topological polar surface area (TPSA) is 72.2 Å². The summed E-state index contributed by atoms with van der Waals surface area (Å²) in [6, 6.07) is 13.5. The Hall–Kier alpha value is -1.37. The molecule has 0 amide bonds. The highest BCUT2D eigenvalue weighted by Crippen LogP contribution is 2.23. The maximum atomic E-state index is 12.3. The first-order chi connectivity index (χ1) is 9.40. The third kappa shape index (κ3) is 3.39. The Morgan fingerprint density at radius 3 is 2.30 bits per heavy atom. The van der Waals surface area contributed by atoms with Crippen molar-refractivity contribution in [3.63, 3.8) is 0 Å². The summed E-state index contributed by atoms with van der Waals surface area (Å²) in [6.07, 6.45) is 0. The zero-order chi connectivity index (χ0) is 14.8. The summed E-state index contributed by atoms with van der Waals surface area (Å²) in [4.78, 5) is 0.224. The molecule has 0 heterocycles. The molecule has 2 aromatic carbocycles. The van der Waals surface area contributed by atoms with Gasteiger partial charge in [-0.25, -0.2) is 13.1 Å². The van der Waals surface area contributed by atoms with Crippen molar-refractivity contribution in [3.05, 3.63) is 58.6 Å². The van der Waals surface area contributed by atoms with Crippen LogP contribution in [0.5, 0.6) is 0 Å². The lowest BCUT2D eigenvalue weighted by Gasteiger charge is -2.15. The third-order valence-electron chi connectivity index (χ3n) is 2.89. The van der Waals surface area contributed by atoms with Gasteiger partial charge in [-0.05, 0) is 52.7 Å². The second-order valence-electron chi connectivity index (χ2n) is 4.44. The predicted octanol–water partition coefficient (Wildman–Crippen LogP) is 3.07. The van der Waals surface area contributed by atoms with Crippen LogP contribution >= 0.6 is 15.9 Å². The van der Waals surface area contributed by atoms with E-state index in [9.17, 15) is 8.42 Å². The van der Waals surface area contributed by atoms with E-state index in [2.05, 4.69) is 20.7 Å². The highest BCUT2D eigenvalue weighted by Gasteiger charge is 2.20. The van der Waals surface area contributed by atoms with Gasteiger partial charge in [0.15, 0.2) is 0 Å². The van der Waals surface area contributed by atoms with E-state index in [1.54, 1.807) is 43.3 Å². The second kappa shape index (κ2) is 5.95. The molecule has 6 heteroatoms. The van der Waals surface area contributed by atoms with Crippen molar-refractivity contribution in [1.82, 2.24) is 4.72 Å². The summed E-state index contributed by atoms with van der Waals surface area (Å²) in [7, 11) is -3.58. The molecular weight excluding hydrogens is 340 g/mol. The summed E-state index contributed by atoms with van der Waals surface area (Å²) in [5.41, 5.74) is 7.12. The molecule has 20 heavy (non-hydrogen) atoms. The van der Waals surface area contributed by atoms with Gasteiger partial charge in [-0.3, -0.25) is 0 Å². The number of hydrogen-bond donors (Lipinski definition) is 2. The Morgan fingerprint density at radius 2 is 1.70 bits per heavy atom. The van der Waals surface area contributed by atoms with Gasteiger partial charge in [0.1, 0.15) is 0 Å². The average Bonchev–Trinajstić information content (AvgIpc) is 2.39. The number of rotatable bonds is 4. The van der Waals surface area contributed by atoms with Gasteiger partial charge in [-0.15, -0.1) is 0 Å². The minimum absolute atomic E-state index is 0.224. The third-order valence-corrected chi connectivity index (χ3v) is 5.45. The molecule has 3 N–H and O–H groups in total. The largest absolute Gasteiger partial charge is 0.399 e. The second-order valence-corrected chi connectivity index (χ2v) is 6.98. The predicted molar refractivity (Wildman–Crippen MR) is 83.7 cm³/mol. The van der Waals surface area contributed by atoms with E-state index in [-0.39, 0.29) is 10.9 Å². The Bertz CT molecular complexity index is 699. The van der Waals surface area contributed by atoms with Crippen molar-refractivity contribution in [2.75, 3.05) is 5.73 Å². The van der Waals surface area contributed by atoms with Crippen molar-refractivity contribution in [3.8, 4) is 0 Å². The van der Waals surface area contributed by atoms with E-state index < -0.39 is 10.0 Å². The normalized spacial score (nSPS) is 13.1. The molecule has 2 aromatic rings. The van der Waals surface area contributed by atoms with Crippen LogP contribution in [0.4, 0.5) is 5.69 Å². The molecule has 0 aliphatic rings. The summed E-state index contributed by atoms with van der Waals surface area (Å²) in [5.74, 6) is 0. The van der Waals surface area contributed by atoms with Crippen LogP contribution < -0.4 is 10.5 Å². The van der Waals surface area contributed by atoms with Gasteiger partial charge in [0.05, 0.1) is 4.90 Å². The lowest BCUT2D eigenvalue weighted by atomic mass is 10.1. The fraction of sp³-hybridized carbons (Fsp3) is 0.143. The number of nitrogen functional groups attached to an aromatic ring is 1. The van der Waals surface area contributed by atoms with Crippen molar-refractivity contribution in [2.45, 2.75) is 17.9 Å². The summed E-state index contributed by atoms with van der Waals surface area (Å²) < 4.78 is 27.9. The van der Waals surface area contributed by atoms with Gasteiger partial charge in [0.25, 0.3) is 0 Å². The first-order valence-corrected chi connectivity index (χ1v) is 8.30. The standard InChI is InChI=1S/C14H15BrN2O2S/c1-10(11-6-8-12(16)9-7-11)17-20(18,19)14-5-3-2-4-13(14)15/h2-10,17H,16H2,1H3. The van der Waals surface area contributed by atoms with Gasteiger partial charge in [-0.1, -0.05) is 24.3 Å². The van der Waals surface area contributed by atoms with Crippen molar-refractivity contribution in [2.24, 2.45) is 0 Å². The summed E-state index contributed by atoms with van der Waals surface area (Å²) in [6.45, 7) is 1.79. The van der Waals surface area contributed by atoms with E-state index in [1.807, 2.05) is 12.1 Å². The van der Waals surface area contributed by atoms with E-state index >= 15 is 0 Å². The van der Waals surface area contributed by atoms with Gasteiger partial charge in [0, 0.05) is 16.2 Å². The van der Waals surface area contributed by atoms with Gasteiger partial charge >= 0.3 is 0 Å². The van der Waals surface area contributed by atoms with Gasteiger partial charge in [-0.2, -0.15) is 0 Å². The molecule has 0 aliphatic carbocycles. The Kier molecular flexibility index (Phi) is 4.47. The molecule has 0 aliphatic heterocycles. The Labute approximate surface area is 127 Å². The molecule has 1 atom stereocenters. The molecule has 106 valence electrons. The zero-order valence-corrected chi connectivity index (χ0v) is 13.3. The number of halogens is 1. The average molecular weight is 355 g/mol. The number of benzene rings is 2. The van der Waals surface area contributed by atoms with E-state index in [1.165, 1.54) is 0 Å². The van der Waals surface area contributed by atoms with Crippen LogP contribution in [0.2, 0.25) is 0 Å². The SMILES string of the molecule is CC(NS(=O)(=O)c1ccccc1Br)c1ccc(N)cc1. The molecule has 2 rings (SSSR count). The van der Waals surface area contributed by atoms with Crippen LogP contribution in [0, 0.1) is 0 Å². The maximum absolute atomic E-state index is 12.3. The minimum Gasteiger partial charge on any atom is -0.399 e. The number of nitrogens with one attached hydrogen (secondary N) is 1. The van der Waals surface area contributed by atoms with Crippen LogP contribution in [0.25, 0.3) is 0 Å². The fourth-order valence-corrected chi connectivity index (χ4v) is 4.05. The molecule has 0 saturated carbocycles. The minimum atomic E-state index is -3.58. The molecule has 0 fully saturated rings. The molecule has 0 radical (unpaired) electrons. The zero-order valence-electron chi connectivity index (χ0n) is 10.9. The van der Waals surface area contributed by atoms with E-state index in [4.69, 9.17) is 5.73 Å². The highest BCUT2D eigenvalue weighted by molar-refractivity contribution is 9.10. The molecule has 0 bridgehead atoms. The molecule has 0 saturated heterocycles. The lowest BCUT2D eigenvalue weighted by molar-refractivity contribution is 0.566. The van der Waals surface area contributed by atoms with Crippen LogP contribution in [0.1, 0.15) is 18.5 Å². The van der Waals surface area contributed by atoms with E-state index in [0.29, 0.717) is 10.2 Å².